The fourth-order valence-corrected chi connectivity index (χ4v) is 4.95. The van der Waals surface area contributed by atoms with E-state index in [1.54, 1.807) is 19.2 Å². The summed E-state index contributed by atoms with van der Waals surface area (Å²) in [6.07, 6.45) is 0.159. The molecule has 2 aliphatic heterocycles. The third-order valence-corrected chi connectivity index (χ3v) is 6.57. The first-order valence-corrected chi connectivity index (χ1v) is 12.1. The van der Waals surface area contributed by atoms with E-state index in [-0.39, 0.29) is 18.2 Å². The lowest BCUT2D eigenvalue weighted by atomic mass is 9.93. The molecule has 34 heavy (non-hydrogen) atoms. The fraction of sp³-hybridized carbons (Fsp3) is 0.240. The number of methoxy groups -OCH3 is 1. The van der Waals surface area contributed by atoms with Crippen LogP contribution in [0.5, 0.6) is 0 Å². The highest BCUT2D eigenvalue weighted by Gasteiger charge is 2.40. The summed E-state index contributed by atoms with van der Waals surface area (Å²) < 4.78 is 5.01. The van der Waals surface area contributed by atoms with Crippen molar-refractivity contribution in [1.29, 1.82) is 0 Å². The zero-order valence-electron chi connectivity index (χ0n) is 18.9. The van der Waals surface area contributed by atoms with Gasteiger partial charge >= 0.3 is 0 Å². The van der Waals surface area contributed by atoms with E-state index in [0.29, 0.717) is 35.1 Å². The van der Waals surface area contributed by atoms with E-state index in [1.165, 1.54) is 11.8 Å². The van der Waals surface area contributed by atoms with Crippen LogP contribution >= 0.6 is 23.4 Å². The normalized spacial score (nSPS) is 17.1. The molecule has 2 amide bonds. The van der Waals surface area contributed by atoms with Gasteiger partial charge in [-0.3, -0.25) is 9.59 Å². The molecule has 0 fully saturated rings. The Balaban J connectivity index is 1.67. The molecule has 2 aromatic rings. The number of para-hydroxylation sites is 1. The maximum absolute atomic E-state index is 13.5. The molecule has 0 aliphatic carbocycles. The largest absolute Gasteiger partial charge is 0.383 e. The van der Waals surface area contributed by atoms with Crippen LogP contribution in [0.2, 0.25) is 5.02 Å². The summed E-state index contributed by atoms with van der Waals surface area (Å²) in [6, 6.07) is 16.2. The third-order valence-electron chi connectivity index (χ3n) is 5.43. The smallest absolute Gasteiger partial charge is 0.255 e. The van der Waals surface area contributed by atoms with E-state index in [1.807, 2.05) is 59.7 Å². The Kier molecular flexibility index (Phi) is 7.72. The number of hydrogen-bond donors (Lipinski definition) is 2. The summed E-state index contributed by atoms with van der Waals surface area (Å²) in [5.74, 6) is -0.367. The molecule has 9 heteroatoms. The average Bonchev–Trinajstić information content (AvgIpc) is 3.21. The van der Waals surface area contributed by atoms with Gasteiger partial charge in [-0.25, -0.2) is 4.99 Å². The van der Waals surface area contributed by atoms with Gasteiger partial charge in [0.1, 0.15) is 0 Å². The van der Waals surface area contributed by atoms with Crippen LogP contribution in [0.4, 0.5) is 5.69 Å². The van der Waals surface area contributed by atoms with Crippen molar-refractivity contribution in [2.24, 2.45) is 4.99 Å². The minimum Gasteiger partial charge on any atom is -0.383 e. The van der Waals surface area contributed by atoms with Gasteiger partial charge in [-0.1, -0.05) is 53.7 Å². The number of anilines is 1. The van der Waals surface area contributed by atoms with E-state index in [4.69, 9.17) is 21.3 Å². The minimum absolute atomic E-state index is 0.124. The SMILES string of the molecule is COCCNC(=O)CC1=CSC2=NC(C)=C(C(=O)Nc3ccccc3)C(c3ccc(Cl)cc3)N12. The molecule has 0 aromatic heterocycles. The van der Waals surface area contributed by atoms with E-state index in [0.717, 1.165) is 16.4 Å². The second-order valence-electron chi connectivity index (χ2n) is 7.78. The maximum atomic E-state index is 13.5. The van der Waals surface area contributed by atoms with E-state index < -0.39 is 6.04 Å². The number of thioether (sulfide) groups is 1. The molecule has 0 radical (unpaired) electrons. The Morgan fingerprint density at radius 3 is 2.59 bits per heavy atom. The second-order valence-corrected chi connectivity index (χ2v) is 9.06. The maximum Gasteiger partial charge on any atom is 0.255 e. The van der Waals surface area contributed by atoms with Gasteiger partial charge in [-0.05, 0) is 42.2 Å². The number of rotatable bonds is 8. The number of fused-ring (bicyclic) bond motifs is 1. The predicted octanol–water partition coefficient (Wildman–Crippen LogP) is 4.71. The Morgan fingerprint density at radius 1 is 1.15 bits per heavy atom. The molecule has 1 unspecified atom stereocenters. The van der Waals surface area contributed by atoms with Crippen molar-refractivity contribution in [3.05, 3.63) is 87.6 Å². The molecule has 0 saturated heterocycles. The van der Waals surface area contributed by atoms with E-state index in [9.17, 15) is 9.59 Å². The number of carbonyl (C=O) groups is 2. The topological polar surface area (TPSA) is 83.0 Å². The van der Waals surface area contributed by atoms with Crippen molar-refractivity contribution in [1.82, 2.24) is 10.2 Å². The van der Waals surface area contributed by atoms with Crippen molar-refractivity contribution < 1.29 is 14.3 Å². The molecule has 0 saturated carbocycles. The number of benzene rings is 2. The van der Waals surface area contributed by atoms with E-state index >= 15 is 0 Å². The molecule has 0 bridgehead atoms. The zero-order chi connectivity index (χ0) is 24.1. The third kappa shape index (κ3) is 5.35. The minimum atomic E-state index is -0.457. The van der Waals surface area contributed by atoms with Crippen LogP contribution in [-0.4, -0.2) is 42.1 Å². The summed E-state index contributed by atoms with van der Waals surface area (Å²) in [5.41, 5.74) is 3.50. The van der Waals surface area contributed by atoms with Gasteiger partial charge in [0.15, 0.2) is 5.17 Å². The van der Waals surface area contributed by atoms with Crippen molar-refractivity contribution in [2.45, 2.75) is 19.4 Å². The zero-order valence-corrected chi connectivity index (χ0v) is 20.4. The molecule has 2 N–H and O–H groups in total. The first-order chi connectivity index (χ1) is 16.5. The number of nitrogens with zero attached hydrogens (tertiary/aromatic N) is 2. The molecule has 1 atom stereocenters. The Labute approximate surface area is 207 Å². The molecule has 2 aromatic carbocycles. The van der Waals surface area contributed by atoms with Crippen molar-refractivity contribution >= 4 is 46.0 Å². The Bertz CT molecular complexity index is 1160. The first kappa shape index (κ1) is 24.1. The number of allylic oxidation sites excluding steroid dienone is 1. The van der Waals surface area contributed by atoms with Crippen LogP contribution in [0.3, 0.4) is 0 Å². The Hall–Kier alpha value is -3.07. The van der Waals surface area contributed by atoms with Gasteiger partial charge in [0.25, 0.3) is 5.91 Å². The summed E-state index contributed by atoms with van der Waals surface area (Å²) in [4.78, 5) is 32.8. The van der Waals surface area contributed by atoms with Gasteiger partial charge in [0.05, 0.1) is 30.3 Å². The highest BCUT2D eigenvalue weighted by molar-refractivity contribution is 8.16. The monoisotopic (exact) mass is 496 g/mol. The second kappa shape index (κ2) is 10.9. The van der Waals surface area contributed by atoms with Gasteiger partial charge in [0.2, 0.25) is 5.91 Å². The fourth-order valence-electron chi connectivity index (χ4n) is 3.86. The quantitative estimate of drug-likeness (QED) is 0.517. The summed E-state index contributed by atoms with van der Waals surface area (Å²) in [5, 5.41) is 9.09. The molecule has 176 valence electrons. The van der Waals surface area contributed by atoms with Gasteiger partial charge in [-0.15, -0.1) is 0 Å². The number of halogens is 1. The number of carbonyl (C=O) groups excluding carboxylic acids is 2. The molecular formula is C25H25ClN4O3S. The van der Waals surface area contributed by atoms with Gasteiger partial charge < -0.3 is 20.3 Å². The summed E-state index contributed by atoms with van der Waals surface area (Å²) in [7, 11) is 1.59. The van der Waals surface area contributed by atoms with Crippen LogP contribution < -0.4 is 10.6 Å². The lowest BCUT2D eigenvalue weighted by Crippen LogP contribution is -2.39. The first-order valence-electron chi connectivity index (χ1n) is 10.8. The lowest BCUT2D eigenvalue weighted by molar-refractivity contribution is -0.120. The van der Waals surface area contributed by atoms with Crippen LogP contribution in [0.1, 0.15) is 24.9 Å². The molecule has 2 heterocycles. The summed E-state index contributed by atoms with van der Waals surface area (Å²) >= 11 is 7.59. The van der Waals surface area contributed by atoms with Gasteiger partial charge in [0, 0.05) is 30.1 Å². The van der Waals surface area contributed by atoms with Crippen molar-refractivity contribution in [2.75, 3.05) is 25.6 Å². The van der Waals surface area contributed by atoms with Crippen LogP contribution in [0.15, 0.2) is 82.0 Å². The van der Waals surface area contributed by atoms with Crippen molar-refractivity contribution in [3.63, 3.8) is 0 Å². The number of hydrogen-bond acceptors (Lipinski definition) is 6. The summed E-state index contributed by atoms with van der Waals surface area (Å²) in [6.45, 7) is 2.71. The van der Waals surface area contributed by atoms with Crippen LogP contribution in [0, 0.1) is 0 Å². The molecule has 0 spiro atoms. The molecule has 2 aliphatic rings. The number of ether oxygens (including phenoxy) is 1. The molecular weight excluding hydrogens is 472 g/mol. The number of aliphatic imine (C=N–C) groups is 1. The van der Waals surface area contributed by atoms with Crippen LogP contribution in [-0.2, 0) is 14.3 Å². The van der Waals surface area contributed by atoms with Gasteiger partial charge in [-0.2, -0.15) is 0 Å². The Morgan fingerprint density at radius 2 is 1.88 bits per heavy atom. The lowest BCUT2D eigenvalue weighted by Gasteiger charge is -2.36. The number of nitrogens with one attached hydrogen (secondary N) is 2. The van der Waals surface area contributed by atoms with Crippen LogP contribution in [0.25, 0.3) is 0 Å². The predicted molar refractivity (Wildman–Crippen MR) is 136 cm³/mol. The van der Waals surface area contributed by atoms with Crippen molar-refractivity contribution in [3.8, 4) is 0 Å². The average molecular weight is 497 g/mol. The number of amides is 2. The molecule has 7 nitrogen and oxygen atoms in total. The van der Waals surface area contributed by atoms with E-state index in [2.05, 4.69) is 10.6 Å². The number of amidine groups is 1. The highest BCUT2D eigenvalue weighted by Crippen LogP contribution is 2.44. The molecule has 4 rings (SSSR count). The highest BCUT2D eigenvalue weighted by atomic mass is 35.5. The standard InChI is InChI=1S/C25H25ClN4O3S/c1-16-22(24(32)29-19-6-4-3-5-7-19)23(17-8-10-18(26)11-9-17)30-20(15-34-25(30)28-16)14-21(31)27-12-13-33-2/h3-11,15,23H,12-14H2,1-2H3,(H,27,31)(H,29,32).